The highest BCUT2D eigenvalue weighted by molar-refractivity contribution is 6.15. The van der Waals surface area contributed by atoms with Crippen molar-refractivity contribution in [2.24, 2.45) is 15.0 Å². The number of pyridine rings is 1. The highest BCUT2D eigenvalue weighted by atomic mass is 16.5. The summed E-state index contributed by atoms with van der Waals surface area (Å²) in [7, 11) is 4.23. The molecule has 0 aliphatic heterocycles. The van der Waals surface area contributed by atoms with E-state index in [-0.39, 0.29) is 17.9 Å². The molecule has 0 saturated carbocycles. The molecule has 0 N–H and O–H groups in total. The van der Waals surface area contributed by atoms with Gasteiger partial charge in [-0.05, 0) is 75.9 Å². The van der Waals surface area contributed by atoms with Crippen LogP contribution in [0.4, 0.5) is 0 Å². The van der Waals surface area contributed by atoms with Crippen molar-refractivity contribution in [3.05, 3.63) is 364 Å². The van der Waals surface area contributed by atoms with Crippen LogP contribution < -0.4 is 0 Å². The molecule has 11 aromatic rings. The summed E-state index contributed by atoms with van der Waals surface area (Å²) in [6.07, 6.45) is 4.12. The third kappa shape index (κ3) is 19.4. The van der Waals surface area contributed by atoms with E-state index in [1.807, 2.05) is 212 Å². The molecule has 0 radical (unpaired) electrons. The highest BCUT2D eigenvalue weighted by Gasteiger charge is 2.25. The van der Waals surface area contributed by atoms with Crippen molar-refractivity contribution in [1.82, 2.24) is 4.98 Å². The number of benzene rings is 10. The van der Waals surface area contributed by atoms with E-state index in [9.17, 15) is 14.4 Å². The lowest BCUT2D eigenvalue weighted by Crippen LogP contribution is -2.25. The van der Waals surface area contributed by atoms with Crippen LogP contribution in [0.3, 0.4) is 0 Å². The molecule has 0 bridgehead atoms. The lowest BCUT2D eigenvalue weighted by molar-refractivity contribution is -0.142. The molecule has 10 aromatic carbocycles. The standard InChI is InChI=1S/2C31H29NO2.C24H24N2O2/c1-3-23-14-10-12-20-27(23)28-21-13-11-19-26(28)22-29(31(33)34-2)32-30(24-15-6-4-7-16-24)25-17-8-5-9-18-25;1-3-23-14-18-25(19-15-23)26-20-16-24(17-21-26)22-29(31(33)34-2)32-30(27-10-6-4-7-11-27)28-12-8-5-9-13-28;1-3-20-15-10-16-21(25-20)17-22(24(27)28-2)26-23(18-11-6-4-7-12-18)19-13-8-5-9-14-19/h2*4-21,29H,3,22H2,1-2H3;4-16,22H,3,17H2,1-2H3/t2*29-;22-/m000/s1. The zero-order chi connectivity index (χ0) is 67.3. The van der Waals surface area contributed by atoms with E-state index < -0.39 is 18.1 Å². The predicted molar refractivity (Wildman–Crippen MR) is 390 cm³/mol. The Hall–Kier alpha value is -11.2. The summed E-state index contributed by atoms with van der Waals surface area (Å²) in [6.45, 7) is 6.38. The van der Waals surface area contributed by atoms with Crippen LogP contribution in [0.1, 0.15) is 87.8 Å². The molecule has 1 heterocycles. The second-order valence-electron chi connectivity index (χ2n) is 22.7. The molecule has 0 unspecified atom stereocenters. The number of rotatable bonds is 23. The Morgan fingerprint density at radius 3 is 0.969 bits per heavy atom. The van der Waals surface area contributed by atoms with Gasteiger partial charge in [-0.1, -0.05) is 306 Å². The van der Waals surface area contributed by atoms with Crippen LogP contribution in [0.15, 0.2) is 312 Å². The van der Waals surface area contributed by atoms with Gasteiger partial charge in [0.05, 0.1) is 38.5 Å². The molecule has 10 heteroatoms. The number of carbonyl (C=O) groups is 3. The van der Waals surface area contributed by atoms with Gasteiger partial charge in [0.15, 0.2) is 18.1 Å². The van der Waals surface area contributed by atoms with Gasteiger partial charge >= 0.3 is 17.9 Å². The Morgan fingerprint density at radius 2 is 0.615 bits per heavy atom. The summed E-state index contributed by atoms with van der Waals surface area (Å²) in [5.74, 6) is -1.06. The van der Waals surface area contributed by atoms with Crippen molar-refractivity contribution in [2.75, 3.05) is 21.3 Å². The third-order valence-electron chi connectivity index (χ3n) is 16.4. The third-order valence-corrected chi connectivity index (χ3v) is 16.4. The minimum absolute atomic E-state index is 0.344. The first kappa shape index (κ1) is 69.1. The molecule has 10 nitrogen and oxygen atoms in total. The largest absolute Gasteiger partial charge is 0.467 e. The predicted octanol–water partition coefficient (Wildman–Crippen LogP) is 17.3. The fourth-order valence-electron chi connectivity index (χ4n) is 11.2. The summed E-state index contributed by atoms with van der Waals surface area (Å²) >= 11 is 0. The molecular weight excluding hydrogens is 1180 g/mol. The molecule has 0 aliphatic carbocycles. The lowest BCUT2D eigenvalue weighted by atomic mass is 9.91. The molecule has 0 saturated heterocycles. The van der Waals surface area contributed by atoms with Crippen LogP contribution >= 0.6 is 0 Å². The Morgan fingerprint density at radius 1 is 0.302 bits per heavy atom. The molecule has 3 atom stereocenters. The maximum atomic E-state index is 13.0. The van der Waals surface area contributed by atoms with E-state index in [4.69, 9.17) is 29.2 Å². The monoisotopic (exact) mass is 1270 g/mol. The summed E-state index contributed by atoms with van der Waals surface area (Å²) in [5, 5.41) is 0. The summed E-state index contributed by atoms with van der Waals surface area (Å²) in [6, 6.07) is 97.2. The van der Waals surface area contributed by atoms with E-state index in [0.29, 0.717) is 19.3 Å². The van der Waals surface area contributed by atoms with Crippen molar-refractivity contribution in [3.8, 4) is 22.3 Å². The molecule has 0 amide bonds. The number of carbonyl (C=O) groups excluding carboxylic acids is 3. The fraction of sp³-hybridized carbons (Fsp3) is 0.174. The van der Waals surface area contributed by atoms with Gasteiger partial charge in [0.25, 0.3) is 0 Å². The number of aliphatic imine (C=N–C) groups is 3. The van der Waals surface area contributed by atoms with Crippen LogP contribution in [0.2, 0.25) is 0 Å². The van der Waals surface area contributed by atoms with Gasteiger partial charge in [0, 0.05) is 64.0 Å². The number of aryl methyl sites for hydroxylation is 3. The van der Waals surface area contributed by atoms with Gasteiger partial charge in [-0.3, -0.25) is 20.0 Å². The van der Waals surface area contributed by atoms with Crippen molar-refractivity contribution in [1.29, 1.82) is 0 Å². The van der Waals surface area contributed by atoms with Crippen molar-refractivity contribution in [2.45, 2.75) is 77.4 Å². The maximum Gasteiger partial charge on any atom is 0.331 e. The number of aromatic nitrogens is 1. The first-order valence-electron chi connectivity index (χ1n) is 32.7. The van der Waals surface area contributed by atoms with Gasteiger partial charge in [-0.15, -0.1) is 0 Å². The van der Waals surface area contributed by atoms with Crippen molar-refractivity contribution >= 4 is 35.0 Å². The van der Waals surface area contributed by atoms with Gasteiger partial charge in [-0.2, -0.15) is 0 Å². The maximum absolute atomic E-state index is 13.0. The number of ether oxygens (including phenoxy) is 3. The number of hydrogen-bond donors (Lipinski definition) is 0. The van der Waals surface area contributed by atoms with E-state index in [2.05, 4.69) is 111 Å². The Balaban J connectivity index is 0.000000170. The first-order valence-corrected chi connectivity index (χ1v) is 32.7. The quantitative estimate of drug-likeness (QED) is 0.0354. The zero-order valence-electron chi connectivity index (χ0n) is 55.5. The van der Waals surface area contributed by atoms with Crippen LogP contribution in [0, 0.1) is 0 Å². The number of hydrogen-bond acceptors (Lipinski definition) is 10. The Kier molecular flexibility index (Phi) is 26.1. The van der Waals surface area contributed by atoms with Gasteiger partial charge in [0.1, 0.15) is 0 Å². The normalized spacial score (nSPS) is 11.5. The van der Waals surface area contributed by atoms with Crippen LogP contribution in [0.25, 0.3) is 22.3 Å². The number of nitrogens with zero attached hydrogens (tertiary/aromatic N) is 4. The van der Waals surface area contributed by atoms with Crippen molar-refractivity contribution in [3.63, 3.8) is 0 Å². The second-order valence-corrected chi connectivity index (χ2v) is 22.7. The molecule has 11 rings (SSSR count). The molecule has 0 fully saturated rings. The summed E-state index contributed by atoms with van der Waals surface area (Å²) < 4.78 is 15.4. The van der Waals surface area contributed by atoms with E-state index in [1.165, 1.54) is 43.6 Å². The van der Waals surface area contributed by atoms with Gasteiger partial charge in [0.2, 0.25) is 0 Å². The Labute approximate surface area is 565 Å². The topological polar surface area (TPSA) is 129 Å². The van der Waals surface area contributed by atoms with E-state index in [1.54, 1.807) is 0 Å². The average Bonchev–Trinajstić information content (AvgIpc) is 0.908. The number of esters is 3. The van der Waals surface area contributed by atoms with Crippen LogP contribution in [0.5, 0.6) is 0 Å². The molecular formula is C86H82N4O6. The molecule has 1 aromatic heterocycles. The molecule has 0 spiro atoms. The zero-order valence-corrected chi connectivity index (χ0v) is 55.5. The van der Waals surface area contributed by atoms with E-state index >= 15 is 0 Å². The highest BCUT2D eigenvalue weighted by Crippen LogP contribution is 2.30. The first-order chi connectivity index (χ1) is 47.1. The van der Waals surface area contributed by atoms with Crippen molar-refractivity contribution < 1.29 is 28.6 Å². The average molecular weight is 1270 g/mol. The second kappa shape index (κ2) is 36.3. The number of methoxy groups -OCH3 is 3. The molecule has 482 valence electrons. The smallest absolute Gasteiger partial charge is 0.331 e. The van der Waals surface area contributed by atoms with Crippen LogP contribution in [-0.4, -0.2) is 79.5 Å². The van der Waals surface area contributed by atoms with Gasteiger partial charge < -0.3 is 14.2 Å². The Bertz CT molecular complexity index is 4190. The van der Waals surface area contributed by atoms with Crippen LogP contribution in [-0.2, 0) is 67.1 Å². The van der Waals surface area contributed by atoms with Gasteiger partial charge in [-0.25, -0.2) is 14.4 Å². The summed E-state index contributed by atoms with van der Waals surface area (Å²) in [5.41, 5.74) is 19.3. The van der Waals surface area contributed by atoms with E-state index in [0.717, 1.165) is 103 Å². The minimum atomic E-state index is -0.671. The molecule has 0 aliphatic rings. The summed E-state index contributed by atoms with van der Waals surface area (Å²) in [4.78, 5) is 57.6. The molecule has 96 heavy (non-hydrogen) atoms. The minimum Gasteiger partial charge on any atom is -0.467 e. The SMILES string of the molecule is CCc1ccc(-c2ccc(C[C@H](N=C(c3ccccc3)c3ccccc3)C(=O)OC)cc2)cc1.CCc1cccc(C[C@H](N=C(c2ccccc2)c2ccccc2)C(=O)OC)n1.CCc1ccccc1-c1ccccc1C[C@H](N=C(c1ccccc1)c1ccccc1)C(=O)OC. The fourth-order valence-corrected chi connectivity index (χ4v) is 11.2. The lowest BCUT2D eigenvalue weighted by Gasteiger charge is -2.18.